The largest absolute Gasteiger partial charge is 0.439 e. The molecule has 3 rings (SSSR count). The minimum atomic E-state index is -0.586. The van der Waals surface area contributed by atoms with Crippen LogP contribution in [-0.4, -0.2) is 33.2 Å². The predicted octanol–water partition coefficient (Wildman–Crippen LogP) is 1.20. The molecule has 0 atom stereocenters. The molecule has 7 nitrogen and oxygen atoms in total. The van der Waals surface area contributed by atoms with Gasteiger partial charge in [0, 0.05) is 13.1 Å². The molecule has 0 aromatic carbocycles. The Labute approximate surface area is 109 Å². The molecule has 0 unspecified atom stereocenters. The Bertz CT molecular complexity index is 598. The lowest BCUT2D eigenvalue weighted by molar-refractivity contribution is 0.387. The van der Waals surface area contributed by atoms with E-state index in [1.54, 1.807) is 12.4 Å². The summed E-state index contributed by atoms with van der Waals surface area (Å²) in [4.78, 5) is 24.3. The van der Waals surface area contributed by atoms with Crippen LogP contribution in [0.2, 0.25) is 0 Å². The van der Waals surface area contributed by atoms with Gasteiger partial charge < -0.3 is 4.90 Å². The molecule has 0 saturated carbocycles. The van der Waals surface area contributed by atoms with Crippen molar-refractivity contribution in [1.82, 2.24) is 20.1 Å². The number of aromatic amines is 1. The summed E-state index contributed by atoms with van der Waals surface area (Å²) in [6.07, 6.45) is 8.18. The molecule has 1 saturated heterocycles. The lowest BCUT2D eigenvalue weighted by atomic mass is 10.2. The van der Waals surface area contributed by atoms with Crippen LogP contribution in [0.25, 0.3) is 11.5 Å². The van der Waals surface area contributed by atoms with E-state index < -0.39 is 5.76 Å². The molecular formula is C12H15N5O2. The summed E-state index contributed by atoms with van der Waals surface area (Å²) in [5.74, 6) is 0.550. The third-order valence-electron chi connectivity index (χ3n) is 3.23. The second-order valence-electron chi connectivity index (χ2n) is 4.61. The summed E-state index contributed by atoms with van der Waals surface area (Å²) in [5, 5.41) is 3.63. The fourth-order valence-corrected chi connectivity index (χ4v) is 2.26. The summed E-state index contributed by atoms with van der Waals surface area (Å²) < 4.78 is 4.48. The van der Waals surface area contributed by atoms with Crippen LogP contribution in [0.4, 0.5) is 5.82 Å². The topological polar surface area (TPSA) is 87.9 Å². The zero-order chi connectivity index (χ0) is 13.1. The molecular weight excluding hydrogens is 246 g/mol. The maximum Gasteiger partial charge on any atom is 0.439 e. The molecule has 7 heteroatoms. The number of rotatable bonds is 2. The summed E-state index contributed by atoms with van der Waals surface area (Å²) in [6, 6.07) is 0. The highest BCUT2D eigenvalue weighted by Crippen LogP contribution is 2.19. The van der Waals surface area contributed by atoms with E-state index in [0.29, 0.717) is 11.5 Å². The molecule has 0 bridgehead atoms. The molecule has 19 heavy (non-hydrogen) atoms. The van der Waals surface area contributed by atoms with Gasteiger partial charge in [-0.25, -0.2) is 9.78 Å². The third kappa shape index (κ3) is 2.64. The van der Waals surface area contributed by atoms with E-state index in [0.717, 1.165) is 18.9 Å². The SMILES string of the molecule is O=c1[nH]c(-c2cncc(N3CCCCCC3)n2)no1. The van der Waals surface area contributed by atoms with E-state index in [9.17, 15) is 4.79 Å². The molecule has 2 aromatic heterocycles. The third-order valence-corrected chi connectivity index (χ3v) is 3.23. The normalized spacial score (nSPS) is 16.3. The number of anilines is 1. The minimum Gasteiger partial charge on any atom is -0.355 e. The number of H-pyrrole nitrogens is 1. The molecule has 1 N–H and O–H groups in total. The molecule has 1 fully saturated rings. The molecule has 0 aliphatic carbocycles. The lowest BCUT2D eigenvalue weighted by Gasteiger charge is -2.20. The van der Waals surface area contributed by atoms with Gasteiger partial charge in [-0.15, -0.1) is 0 Å². The van der Waals surface area contributed by atoms with Gasteiger partial charge in [-0.3, -0.25) is 14.5 Å². The zero-order valence-corrected chi connectivity index (χ0v) is 10.5. The fourth-order valence-electron chi connectivity index (χ4n) is 2.26. The highest BCUT2D eigenvalue weighted by Gasteiger charge is 2.13. The predicted molar refractivity (Wildman–Crippen MR) is 68.8 cm³/mol. The van der Waals surface area contributed by atoms with Gasteiger partial charge in [0.05, 0.1) is 12.4 Å². The molecule has 100 valence electrons. The summed E-state index contributed by atoms with van der Waals surface area (Å²) in [5.41, 5.74) is 0.521. The van der Waals surface area contributed by atoms with Crippen LogP contribution < -0.4 is 10.7 Å². The van der Waals surface area contributed by atoms with E-state index in [2.05, 4.69) is 29.5 Å². The zero-order valence-electron chi connectivity index (χ0n) is 10.5. The number of nitrogens with one attached hydrogen (secondary N) is 1. The van der Waals surface area contributed by atoms with Gasteiger partial charge in [-0.05, 0) is 12.8 Å². The number of hydrogen-bond acceptors (Lipinski definition) is 6. The van der Waals surface area contributed by atoms with E-state index in [1.165, 1.54) is 25.7 Å². The van der Waals surface area contributed by atoms with Crippen LogP contribution in [0.3, 0.4) is 0 Å². The van der Waals surface area contributed by atoms with Crippen molar-refractivity contribution in [3.8, 4) is 11.5 Å². The van der Waals surface area contributed by atoms with Gasteiger partial charge in [0.2, 0.25) is 5.82 Å². The molecule has 1 aliphatic heterocycles. The van der Waals surface area contributed by atoms with Crippen LogP contribution in [-0.2, 0) is 0 Å². The van der Waals surface area contributed by atoms with Crippen molar-refractivity contribution in [2.45, 2.75) is 25.7 Å². The van der Waals surface area contributed by atoms with Crippen molar-refractivity contribution in [1.29, 1.82) is 0 Å². The Morgan fingerprint density at radius 1 is 1.16 bits per heavy atom. The Morgan fingerprint density at radius 2 is 1.95 bits per heavy atom. The first-order valence-corrected chi connectivity index (χ1v) is 6.46. The molecule has 1 aliphatic rings. The fraction of sp³-hybridized carbons (Fsp3) is 0.500. The first kappa shape index (κ1) is 11.9. The second-order valence-corrected chi connectivity index (χ2v) is 4.61. The lowest BCUT2D eigenvalue weighted by Crippen LogP contribution is -2.25. The van der Waals surface area contributed by atoms with Gasteiger partial charge in [0.25, 0.3) is 0 Å². The van der Waals surface area contributed by atoms with Crippen LogP contribution in [0.5, 0.6) is 0 Å². The van der Waals surface area contributed by atoms with Crippen molar-refractivity contribution in [2.24, 2.45) is 0 Å². The summed E-state index contributed by atoms with van der Waals surface area (Å²) in [6.45, 7) is 1.99. The van der Waals surface area contributed by atoms with E-state index in [-0.39, 0.29) is 0 Å². The summed E-state index contributed by atoms with van der Waals surface area (Å²) in [7, 11) is 0. The Balaban J connectivity index is 1.88. The average molecular weight is 261 g/mol. The van der Waals surface area contributed by atoms with Crippen molar-refractivity contribution in [3.05, 3.63) is 22.9 Å². The number of nitrogens with zero attached hydrogens (tertiary/aromatic N) is 4. The van der Waals surface area contributed by atoms with Gasteiger partial charge in [-0.1, -0.05) is 18.0 Å². The summed E-state index contributed by atoms with van der Waals surface area (Å²) >= 11 is 0. The number of hydrogen-bond donors (Lipinski definition) is 1. The van der Waals surface area contributed by atoms with Gasteiger partial charge in [0.1, 0.15) is 11.5 Å². The van der Waals surface area contributed by atoms with Gasteiger partial charge in [-0.2, -0.15) is 0 Å². The van der Waals surface area contributed by atoms with Crippen molar-refractivity contribution < 1.29 is 4.52 Å². The van der Waals surface area contributed by atoms with Gasteiger partial charge >= 0.3 is 5.76 Å². The Hall–Kier alpha value is -2.18. The van der Waals surface area contributed by atoms with E-state index >= 15 is 0 Å². The minimum absolute atomic E-state index is 0.314. The van der Waals surface area contributed by atoms with Crippen LogP contribution >= 0.6 is 0 Å². The van der Waals surface area contributed by atoms with Crippen molar-refractivity contribution in [2.75, 3.05) is 18.0 Å². The molecule has 2 aromatic rings. The van der Waals surface area contributed by atoms with Crippen LogP contribution in [0, 0.1) is 0 Å². The van der Waals surface area contributed by atoms with Crippen molar-refractivity contribution in [3.63, 3.8) is 0 Å². The quantitative estimate of drug-likeness (QED) is 0.874. The molecule has 3 heterocycles. The van der Waals surface area contributed by atoms with Crippen LogP contribution in [0.15, 0.2) is 21.7 Å². The average Bonchev–Trinajstić information content (AvgIpc) is 2.71. The second kappa shape index (κ2) is 5.21. The molecule has 0 radical (unpaired) electrons. The molecule has 0 spiro atoms. The van der Waals surface area contributed by atoms with Crippen LogP contribution in [0.1, 0.15) is 25.7 Å². The molecule has 0 amide bonds. The smallest absolute Gasteiger partial charge is 0.355 e. The van der Waals surface area contributed by atoms with E-state index in [4.69, 9.17) is 0 Å². The Kier molecular flexibility index (Phi) is 3.26. The highest BCUT2D eigenvalue weighted by atomic mass is 16.5. The highest BCUT2D eigenvalue weighted by molar-refractivity contribution is 5.50. The first-order valence-electron chi connectivity index (χ1n) is 6.46. The monoisotopic (exact) mass is 261 g/mol. The van der Waals surface area contributed by atoms with Crippen molar-refractivity contribution >= 4 is 5.82 Å². The standard InChI is InChI=1S/C12H15N5O2/c18-12-15-11(16-19-12)9-7-13-8-10(14-9)17-5-3-1-2-4-6-17/h7-8H,1-6H2,(H,15,16,18). The first-order chi connectivity index (χ1) is 9.33. The maximum atomic E-state index is 11.0. The Morgan fingerprint density at radius 3 is 2.63 bits per heavy atom. The maximum absolute atomic E-state index is 11.0. The number of aromatic nitrogens is 4. The van der Waals surface area contributed by atoms with Gasteiger partial charge in [0.15, 0.2) is 0 Å². The van der Waals surface area contributed by atoms with E-state index in [1.807, 2.05) is 0 Å².